The van der Waals surface area contributed by atoms with Crippen LogP contribution in [-0.2, 0) is 10.2 Å². The fourth-order valence-electron chi connectivity index (χ4n) is 2.53. The number of carbonyl (C=O) groups is 2. The van der Waals surface area contributed by atoms with Crippen LogP contribution in [0.5, 0.6) is 0 Å². The van der Waals surface area contributed by atoms with Crippen LogP contribution in [0, 0.1) is 0 Å². The Hall–Kier alpha value is -2.62. The fraction of sp³-hybridized carbons (Fsp3) is 0.176. The number of amides is 2. The van der Waals surface area contributed by atoms with E-state index in [0.717, 1.165) is 18.4 Å². The Balaban J connectivity index is 1.81. The quantitative estimate of drug-likeness (QED) is 0.903. The van der Waals surface area contributed by atoms with Gasteiger partial charge in [0.15, 0.2) is 0 Å². The van der Waals surface area contributed by atoms with Gasteiger partial charge in [0.05, 0.1) is 5.41 Å². The maximum Gasteiger partial charge on any atom is 0.248 e. The number of nitrogens with two attached hydrogens (primary N) is 1. The molecule has 21 heavy (non-hydrogen) atoms. The van der Waals surface area contributed by atoms with Crippen LogP contribution in [0.1, 0.15) is 28.8 Å². The molecule has 1 aliphatic carbocycles. The van der Waals surface area contributed by atoms with Crippen LogP contribution >= 0.6 is 0 Å². The van der Waals surface area contributed by atoms with Crippen molar-refractivity contribution in [2.75, 3.05) is 5.32 Å². The smallest absolute Gasteiger partial charge is 0.248 e. The minimum Gasteiger partial charge on any atom is -0.366 e. The molecule has 0 unspecified atom stereocenters. The zero-order valence-electron chi connectivity index (χ0n) is 11.5. The molecule has 0 heterocycles. The highest BCUT2D eigenvalue weighted by molar-refractivity contribution is 6.02. The number of anilines is 1. The molecule has 0 aliphatic heterocycles. The Morgan fingerprint density at radius 3 is 2.33 bits per heavy atom. The van der Waals surface area contributed by atoms with Gasteiger partial charge in [-0.15, -0.1) is 0 Å². The number of hydrogen-bond donors (Lipinski definition) is 2. The number of benzene rings is 2. The van der Waals surface area contributed by atoms with Crippen molar-refractivity contribution in [1.82, 2.24) is 0 Å². The van der Waals surface area contributed by atoms with Gasteiger partial charge in [0.25, 0.3) is 0 Å². The summed E-state index contributed by atoms with van der Waals surface area (Å²) in [6.45, 7) is 0. The first kappa shape index (κ1) is 13.4. The Labute approximate surface area is 123 Å². The van der Waals surface area contributed by atoms with Crippen LogP contribution in [0.2, 0.25) is 0 Å². The summed E-state index contributed by atoms with van der Waals surface area (Å²) in [4.78, 5) is 23.7. The van der Waals surface area contributed by atoms with Crippen molar-refractivity contribution in [3.8, 4) is 0 Å². The van der Waals surface area contributed by atoms with Gasteiger partial charge in [0.1, 0.15) is 0 Å². The summed E-state index contributed by atoms with van der Waals surface area (Å²) in [6, 6.07) is 16.5. The van der Waals surface area contributed by atoms with Gasteiger partial charge in [-0.3, -0.25) is 9.59 Å². The second-order valence-corrected chi connectivity index (χ2v) is 5.35. The molecule has 2 amide bonds. The first-order chi connectivity index (χ1) is 10.1. The average molecular weight is 280 g/mol. The van der Waals surface area contributed by atoms with Crippen molar-refractivity contribution >= 4 is 17.5 Å². The van der Waals surface area contributed by atoms with Crippen molar-refractivity contribution in [2.24, 2.45) is 5.73 Å². The normalized spacial score (nSPS) is 15.2. The molecule has 0 saturated heterocycles. The zero-order chi connectivity index (χ0) is 14.9. The summed E-state index contributed by atoms with van der Waals surface area (Å²) in [5, 5.41) is 2.89. The van der Waals surface area contributed by atoms with Gasteiger partial charge in [-0.25, -0.2) is 0 Å². The Morgan fingerprint density at radius 1 is 1.00 bits per heavy atom. The van der Waals surface area contributed by atoms with E-state index in [4.69, 9.17) is 5.73 Å². The molecule has 3 rings (SSSR count). The average Bonchev–Trinajstić information content (AvgIpc) is 3.30. The van der Waals surface area contributed by atoms with E-state index in [9.17, 15) is 9.59 Å². The minimum atomic E-state index is -0.504. The van der Waals surface area contributed by atoms with Gasteiger partial charge in [0, 0.05) is 11.3 Å². The third kappa shape index (κ3) is 2.52. The first-order valence-electron chi connectivity index (χ1n) is 6.89. The van der Waals surface area contributed by atoms with Gasteiger partial charge in [-0.05, 0) is 36.6 Å². The molecule has 4 heteroatoms. The monoisotopic (exact) mass is 280 g/mol. The largest absolute Gasteiger partial charge is 0.366 e. The molecule has 1 saturated carbocycles. The van der Waals surface area contributed by atoms with Crippen molar-refractivity contribution in [2.45, 2.75) is 18.3 Å². The highest BCUT2D eigenvalue weighted by atomic mass is 16.2. The molecular weight excluding hydrogens is 264 g/mol. The van der Waals surface area contributed by atoms with Crippen molar-refractivity contribution in [3.63, 3.8) is 0 Å². The van der Waals surface area contributed by atoms with Gasteiger partial charge < -0.3 is 11.1 Å². The van der Waals surface area contributed by atoms with Gasteiger partial charge in [-0.2, -0.15) is 0 Å². The molecule has 1 fully saturated rings. The lowest BCUT2D eigenvalue weighted by Crippen LogP contribution is -2.27. The van der Waals surface area contributed by atoms with E-state index >= 15 is 0 Å². The number of rotatable bonds is 4. The molecule has 0 spiro atoms. The summed E-state index contributed by atoms with van der Waals surface area (Å²) in [5.41, 5.74) is 6.84. The number of nitrogens with one attached hydrogen (secondary N) is 1. The van der Waals surface area contributed by atoms with E-state index in [0.29, 0.717) is 11.3 Å². The molecule has 0 aromatic heterocycles. The van der Waals surface area contributed by atoms with E-state index in [1.165, 1.54) is 0 Å². The molecule has 3 N–H and O–H groups in total. The summed E-state index contributed by atoms with van der Waals surface area (Å²) < 4.78 is 0. The Kier molecular flexibility index (Phi) is 3.22. The summed E-state index contributed by atoms with van der Waals surface area (Å²) in [6.07, 6.45) is 1.69. The van der Waals surface area contributed by atoms with Crippen LogP contribution in [0.25, 0.3) is 0 Å². The molecule has 1 aliphatic rings. The SMILES string of the molecule is NC(=O)c1cccc(NC(=O)C2(c3ccccc3)CC2)c1. The van der Waals surface area contributed by atoms with Gasteiger partial charge >= 0.3 is 0 Å². The van der Waals surface area contributed by atoms with Crippen LogP contribution in [0.15, 0.2) is 54.6 Å². The van der Waals surface area contributed by atoms with Crippen LogP contribution in [-0.4, -0.2) is 11.8 Å². The van der Waals surface area contributed by atoms with E-state index in [1.54, 1.807) is 24.3 Å². The highest BCUT2D eigenvalue weighted by Crippen LogP contribution is 2.48. The minimum absolute atomic E-state index is 0.0321. The summed E-state index contributed by atoms with van der Waals surface area (Å²) in [7, 11) is 0. The van der Waals surface area contributed by atoms with E-state index in [2.05, 4.69) is 5.32 Å². The third-order valence-corrected chi connectivity index (χ3v) is 3.92. The topological polar surface area (TPSA) is 72.2 Å². The fourth-order valence-corrected chi connectivity index (χ4v) is 2.53. The Morgan fingerprint density at radius 2 is 1.71 bits per heavy atom. The summed E-state index contributed by atoms with van der Waals surface area (Å²) in [5.74, 6) is -0.536. The lowest BCUT2D eigenvalue weighted by molar-refractivity contribution is -0.118. The standard InChI is InChI=1S/C17H16N2O2/c18-15(20)12-5-4-8-14(11-12)19-16(21)17(9-10-17)13-6-2-1-3-7-13/h1-8,11H,9-10H2,(H2,18,20)(H,19,21). The maximum absolute atomic E-state index is 12.6. The molecule has 4 nitrogen and oxygen atoms in total. The lowest BCUT2D eigenvalue weighted by Gasteiger charge is -2.16. The van der Waals surface area contributed by atoms with Crippen molar-refractivity contribution in [3.05, 3.63) is 65.7 Å². The van der Waals surface area contributed by atoms with Crippen LogP contribution in [0.3, 0.4) is 0 Å². The van der Waals surface area contributed by atoms with Crippen molar-refractivity contribution in [1.29, 1.82) is 0 Å². The predicted molar refractivity (Wildman–Crippen MR) is 80.9 cm³/mol. The molecule has 0 atom stereocenters. The van der Waals surface area contributed by atoms with Crippen molar-refractivity contribution < 1.29 is 9.59 Å². The molecule has 0 bridgehead atoms. The Bertz CT molecular complexity index is 691. The highest BCUT2D eigenvalue weighted by Gasteiger charge is 2.51. The zero-order valence-corrected chi connectivity index (χ0v) is 11.5. The molecule has 2 aromatic carbocycles. The molecule has 106 valence electrons. The maximum atomic E-state index is 12.6. The predicted octanol–water partition coefficient (Wildman–Crippen LogP) is 2.46. The number of hydrogen-bond acceptors (Lipinski definition) is 2. The molecule has 0 radical (unpaired) electrons. The number of primary amides is 1. The lowest BCUT2D eigenvalue weighted by atomic mass is 9.95. The second kappa shape index (κ2) is 5.05. The van der Waals surface area contributed by atoms with Gasteiger partial charge in [-0.1, -0.05) is 36.4 Å². The summed E-state index contributed by atoms with van der Waals surface area (Å²) >= 11 is 0. The molecular formula is C17H16N2O2. The van der Waals surface area contributed by atoms with Gasteiger partial charge in [0.2, 0.25) is 11.8 Å². The van der Waals surface area contributed by atoms with E-state index in [1.807, 2.05) is 30.3 Å². The third-order valence-electron chi connectivity index (χ3n) is 3.92. The van der Waals surface area contributed by atoms with Crippen LogP contribution in [0.4, 0.5) is 5.69 Å². The van der Waals surface area contributed by atoms with E-state index in [-0.39, 0.29) is 5.91 Å². The number of carbonyl (C=O) groups excluding carboxylic acids is 2. The van der Waals surface area contributed by atoms with Crippen LogP contribution < -0.4 is 11.1 Å². The first-order valence-corrected chi connectivity index (χ1v) is 6.89. The second-order valence-electron chi connectivity index (χ2n) is 5.35. The molecule has 2 aromatic rings. The van der Waals surface area contributed by atoms with E-state index < -0.39 is 11.3 Å².